The number of quaternary nitrogens is 1. The molecule has 1 aliphatic heterocycles. The number of rotatable bonds is 4. The van der Waals surface area contributed by atoms with E-state index in [2.05, 4.69) is 48.4 Å². The molecule has 1 fully saturated rings. The lowest BCUT2D eigenvalue weighted by atomic mass is 10.2. The highest BCUT2D eigenvalue weighted by Crippen LogP contribution is 2.28. The molecule has 0 spiro atoms. The first-order valence-corrected chi connectivity index (χ1v) is 10.8. The van der Waals surface area contributed by atoms with Gasteiger partial charge in [-0.25, -0.2) is 4.98 Å². The minimum absolute atomic E-state index is 0.419. The van der Waals surface area contributed by atoms with Crippen molar-refractivity contribution < 1.29 is 4.90 Å². The van der Waals surface area contributed by atoms with Gasteiger partial charge in [0.25, 0.3) is 0 Å². The van der Waals surface area contributed by atoms with Gasteiger partial charge in [0.05, 0.1) is 22.4 Å². The summed E-state index contributed by atoms with van der Waals surface area (Å²) in [6.45, 7) is 4.00. The molecular weight excluding hydrogens is 386 g/mol. The molecule has 2 atom stereocenters. The van der Waals surface area contributed by atoms with Gasteiger partial charge < -0.3 is 4.90 Å². The normalized spacial score (nSPS) is 19.5. The van der Waals surface area contributed by atoms with Crippen molar-refractivity contribution in [3.63, 3.8) is 0 Å². The van der Waals surface area contributed by atoms with Crippen LogP contribution in [0.25, 0.3) is 15.9 Å². The van der Waals surface area contributed by atoms with Gasteiger partial charge in [0, 0.05) is 12.8 Å². The fourth-order valence-corrected chi connectivity index (χ4v) is 5.49. The fourth-order valence-electron chi connectivity index (χ4n) is 4.07. The van der Waals surface area contributed by atoms with Crippen LogP contribution in [0.3, 0.4) is 0 Å². The zero-order chi connectivity index (χ0) is 19.1. The van der Waals surface area contributed by atoms with E-state index in [4.69, 9.17) is 17.2 Å². The Kier molecular flexibility index (Phi) is 4.58. The molecule has 0 bridgehead atoms. The maximum atomic E-state index is 5.75. The lowest BCUT2D eigenvalue weighted by Gasteiger charge is -2.19. The highest BCUT2D eigenvalue weighted by Gasteiger charge is 2.33. The molecule has 7 heteroatoms. The Morgan fingerprint density at radius 3 is 2.86 bits per heavy atom. The Bertz CT molecular complexity index is 1160. The van der Waals surface area contributed by atoms with Crippen molar-refractivity contribution in [3.8, 4) is 5.69 Å². The third kappa shape index (κ3) is 3.09. The van der Waals surface area contributed by atoms with Crippen LogP contribution in [0, 0.1) is 11.7 Å². The summed E-state index contributed by atoms with van der Waals surface area (Å²) in [5, 5.41) is 5.84. The third-order valence-corrected chi connectivity index (χ3v) is 7.11. The summed E-state index contributed by atoms with van der Waals surface area (Å²) in [5.74, 6) is 0. The molecule has 1 saturated heterocycles. The van der Waals surface area contributed by atoms with Crippen LogP contribution in [0.4, 0.5) is 0 Å². The van der Waals surface area contributed by atoms with Gasteiger partial charge in [-0.15, -0.1) is 11.3 Å². The fraction of sp³-hybridized carbons (Fsp3) is 0.286. The molecule has 0 saturated carbocycles. The van der Waals surface area contributed by atoms with Crippen LogP contribution in [0.5, 0.6) is 0 Å². The van der Waals surface area contributed by atoms with E-state index in [-0.39, 0.29) is 0 Å². The van der Waals surface area contributed by atoms with Gasteiger partial charge in [-0.3, -0.25) is 4.57 Å². The second-order valence-electron chi connectivity index (χ2n) is 7.35. The summed E-state index contributed by atoms with van der Waals surface area (Å²) < 4.78 is 5.98. The molecule has 5 rings (SSSR count). The van der Waals surface area contributed by atoms with E-state index >= 15 is 0 Å². The van der Waals surface area contributed by atoms with Gasteiger partial charge in [0.2, 0.25) is 4.77 Å². The number of likely N-dealkylation sites (tertiary alicyclic amines) is 1. The van der Waals surface area contributed by atoms with E-state index in [1.807, 2.05) is 39.0 Å². The molecule has 1 N–H and O–H groups in total. The molecule has 0 aliphatic carbocycles. The topological polar surface area (TPSA) is 40.1 Å². The summed E-state index contributed by atoms with van der Waals surface area (Å²) >= 11 is 7.57. The Morgan fingerprint density at radius 1 is 1.18 bits per heavy atom. The SMILES string of the molecule is Cc1ccccc1-n1cnn(C[NH+]2CCC[C@@H]2c2nc3ccccc3s2)c1=S. The first kappa shape index (κ1) is 17.7. The molecule has 0 amide bonds. The monoisotopic (exact) mass is 408 g/mol. The smallest absolute Gasteiger partial charge is 0.207 e. The summed E-state index contributed by atoms with van der Waals surface area (Å²) in [4.78, 5) is 6.40. The minimum atomic E-state index is 0.419. The zero-order valence-electron chi connectivity index (χ0n) is 15.7. The first-order chi connectivity index (χ1) is 13.7. The minimum Gasteiger partial charge on any atom is -0.308 e. The molecule has 2 aromatic heterocycles. The van der Waals surface area contributed by atoms with Crippen LogP contribution in [0.15, 0.2) is 54.9 Å². The maximum Gasteiger partial charge on any atom is 0.207 e. The van der Waals surface area contributed by atoms with Crippen LogP contribution in [-0.2, 0) is 6.67 Å². The number of nitrogens with zero attached hydrogens (tertiary/aromatic N) is 4. The quantitative estimate of drug-likeness (QED) is 0.524. The second-order valence-corrected chi connectivity index (χ2v) is 8.78. The van der Waals surface area contributed by atoms with Crippen molar-refractivity contribution in [2.75, 3.05) is 6.54 Å². The molecule has 2 aromatic carbocycles. The van der Waals surface area contributed by atoms with Crippen LogP contribution in [0.1, 0.15) is 29.5 Å². The zero-order valence-corrected chi connectivity index (χ0v) is 17.3. The summed E-state index contributed by atoms with van der Waals surface area (Å²) in [5.41, 5.74) is 3.39. The van der Waals surface area contributed by atoms with Crippen molar-refractivity contribution in [2.24, 2.45) is 0 Å². The molecule has 1 unspecified atom stereocenters. The third-order valence-electron chi connectivity index (χ3n) is 5.55. The molecule has 5 nitrogen and oxygen atoms in total. The highest BCUT2D eigenvalue weighted by atomic mass is 32.1. The van der Waals surface area contributed by atoms with E-state index < -0.39 is 0 Å². The van der Waals surface area contributed by atoms with E-state index in [9.17, 15) is 0 Å². The van der Waals surface area contributed by atoms with E-state index in [0.717, 1.165) is 29.2 Å². The molecule has 0 radical (unpaired) electrons. The number of nitrogens with one attached hydrogen (secondary N) is 1. The molecule has 4 aromatic rings. The van der Waals surface area contributed by atoms with Crippen LogP contribution in [-0.4, -0.2) is 25.9 Å². The van der Waals surface area contributed by atoms with E-state index in [1.165, 1.54) is 33.0 Å². The van der Waals surface area contributed by atoms with Gasteiger partial charge in [-0.2, -0.15) is 9.78 Å². The lowest BCUT2D eigenvalue weighted by molar-refractivity contribution is -0.941. The van der Waals surface area contributed by atoms with Crippen molar-refractivity contribution in [2.45, 2.75) is 32.5 Å². The number of aromatic nitrogens is 4. The number of hydrogen-bond donors (Lipinski definition) is 1. The molecule has 3 heterocycles. The first-order valence-electron chi connectivity index (χ1n) is 9.61. The maximum absolute atomic E-state index is 5.75. The van der Waals surface area contributed by atoms with Gasteiger partial charge in [0.1, 0.15) is 12.4 Å². The van der Waals surface area contributed by atoms with E-state index in [0.29, 0.717) is 6.04 Å². The molecule has 1 aliphatic rings. The number of benzene rings is 2. The number of para-hydroxylation sites is 2. The average molecular weight is 409 g/mol. The van der Waals surface area contributed by atoms with E-state index in [1.54, 1.807) is 0 Å². The predicted molar refractivity (Wildman–Crippen MR) is 115 cm³/mol. The van der Waals surface area contributed by atoms with Crippen LogP contribution < -0.4 is 4.90 Å². The second kappa shape index (κ2) is 7.24. The van der Waals surface area contributed by atoms with Gasteiger partial charge in [-0.1, -0.05) is 30.3 Å². The number of fused-ring (bicyclic) bond motifs is 1. The predicted octanol–water partition coefficient (Wildman–Crippen LogP) is 3.70. The average Bonchev–Trinajstić information content (AvgIpc) is 3.42. The van der Waals surface area contributed by atoms with Crippen molar-refractivity contribution in [1.29, 1.82) is 0 Å². The van der Waals surface area contributed by atoms with Crippen LogP contribution in [0.2, 0.25) is 0 Å². The number of thiazole rings is 1. The largest absolute Gasteiger partial charge is 0.308 e. The highest BCUT2D eigenvalue weighted by molar-refractivity contribution is 7.71. The van der Waals surface area contributed by atoms with Crippen molar-refractivity contribution >= 4 is 33.8 Å². The van der Waals surface area contributed by atoms with Gasteiger partial charge in [-0.05, 0) is 42.9 Å². The van der Waals surface area contributed by atoms with Gasteiger partial charge in [0.15, 0.2) is 11.7 Å². The molecule has 28 heavy (non-hydrogen) atoms. The number of aryl methyl sites for hydroxylation is 1. The summed E-state index contributed by atoms with van der Waals surface area (Å²) in [7, 11) is 0. The Hall–Kier alpha value is -2.35. The standard InChI is InChI=1S/C21H21N5S2/c1-15-7-2-4-9-17(15)25-13-22-26(21(25)27)14-24-12-6-10-18(24)20-23-16-8-3-5-11-19(16)28-20/h2-5,7-9,11,13,18H,6,10,12,14H2,1H3/p+1/t18-/m1/s1. The Morgan fingerprint density at radius 2 is 2.00 bits per heavy atom. The lowest BCUT2D eigenvalue weighted by Crippen LogP contribution is -3.09. The van der Waals surface area contributed by atoms with Crippen molar-refractivity contribution in [1.82, 2.24) is 19.3 Å². The Balaban J connectivity index is 1.43. The van der Waals surface area contributed by atoms with Crippen LogP contribution >= 0.6 is 23.6 Å². The Labute approximate surface area is 172 Å². The molecular formula is C21H22N5S2+. The summed E-state index contributed by atoms with van der Waals surface area (Å²) in [6, 6.07) is 17.1. The van der Waals surface area contributed by atoms with Gasteiger partial charge >= 0.3 is 0 Å². The molecule has 142 valence electrons. The number of hydrogen-bond acceptors (Lipinski definition) is 4. The van der Waals surface area contributed by atoms with Crippen molar-refractivity contribution in [3.05, 3.63) is 70.2 Å². The summed E-state index contributed by atoms with van der Waals surface area (Å²) in [6.07, 6.45) is 4.22.